The number of nitro benzene ring substituents is 1. The lowest BCUT2D eigenvalue weighted by atomic mass is 10.0. The van der Waals surface area contributed by atoms with Gasteiger partial charge in [0, 0.05) is 37.6 Å². The van der Waals surface area contributed by atoms with E-state index >= 15 is 0 Å². The molecule has 0 aliphatic rings. The van der Waals surface area contributed by atoms with Gasteiger partial charge in [-0.2, -0.15) is 0 Å². The lowest BCUT2D eigenvalue weighted by molar-refractivity contribution is -0.385. The molecule has 0 aliphatic carbocycles. The topological polar surface area (TPSA) is 203 Å². The molecule has 2 atom stereocenters. The minimum atomic E-state index is -1.05. The predicted octanol–water partition coefficient (Wildman–Crippen LogP) is 0.381. The highest BCUT2D eigenvalue weighted by Gasteiger charge is 2.30. The molecule has 0 aliphatic heterocycles. The number of nitro groups is 1. The number of rotatable bonds is 15. The summed E-state index contributed by atoms with van der Waals surface area (Å²) in [5, 5.41) is 21.8. The van der Waals surface area contributed by atoms with Crippen molar-refractivity contribution in [2.75, 3.05) is 34.2 Å². The number of benzene rings is 2. The average molecular weight is 599 g/mol. The van der Waals surface area contributed by atoms with Gasteiger partial charge in [-0.05, 0) is 11.5 Å². The van der Waals surface area contributed by atoms with Crippen molar-refractivity contribution >= 4 is 40.9 Å². The Morgan fingerprint density at radius 2 is 1.58 bits per heavy atom. The molecule has 0 spiro atoms. The minimum absolute atomic E-state index is 0.109. The fourth-order valence-electron chi connectivity index (χ4n) is 4.07. The summed E-state index contributed by atoms with van der Waals surface area (Å²) in [4.78, 5) is 73.5. The van der Waals surface area contributed by atoms with Gasteiger partial charge in [-0.1, -0.05) is 44.2 Å². The first-order valence-corrected chi connectivity index (χ1v) is 13.7. The van der Waals surface area contributed by atoms with E-state index in [1.165, 1.54) is 12.1 Å². The maximum absolute atomic E-state index is 13.1. The Morgan fingerprint density at radius 1 is 0.930 bits per heavy atom. The molecule has 14 heteroatoms. The van der Waals surface area contributed by atoms with Crippen LogP contribution in [0.25, 0.3) is 0 Å². The van der Waals surface area contributed by atoms with Crippen molar-refractivity contribution in [3.05, 3.63) is 69.8 Å². The number of primary amides is 1. The zero-order valence-electron chi connectivity index (χ0n) is 25.0. The van der Waals surface area contributed by atoms with Crippen LogP contribution in [0.3, 0.4) is 0 Å². The maximum Gasteiger partial charge on any atom is 0.282 e. The van der Waals surface area contributed by atoms with E-state index in [1.807, 2.05) is 27.2 Å². The Bertz CT molecular complexity index is 1340. The van der Waals surface area contributed by atoms with Crippen LogP contribution in [0.2, 0.25) is 0 Å². The van der Waals surface area contributed by atoms with E-state index in [4.69, 9.17) is 5.73 Å². The molecule has 232 valence electrons. The Hall–Kier alpha value is -4.85. The molecule has 5 amide bonds. The van der Waals surface area contributed by atoms with E-state index in [-0.39, 0.29) is 43.1 Å². The standard InChI is InChI=1S/C29H39N7O7/c1-18(2)26(34-27(39)21-16-20(36(3,4)5)11-12-23(21)35(42)43)29(41)31-14-13-25(38)33-22(28(40)32-17-24(30)37)15-19-9-7-6-8-10-19/h6-12,16,18,22,26H,13-15,17H2,1-5H3,(H5-,30,31,32,33,34,37,38,39,40,41)/p+1/t22-,26-/m0/s1. The second-order valence-corrected chi connectivity index (χ2v) is 11.2. The molecular weight excluding hydrogens is 558 g/mol. The summed E-state index contributed by atoms with van der Waals surface area (Å²) < 4.78 is 0.313. The molecule has 0 heterocycles. The van der Waals surface area contributed by atoms with Crippen molar-refractivity contribution in [3.63, 3.8) is 0 Å². The maximum atomic E-state index is 13.1. The van der Waals surface area contributed by atoms with Gasteiger partial charge >= 0.3 is 0 Å². The molecule has 2 rings (SSSR count). The first-order chi connectivity index (χ1) is 20.1. The molecule has 43 heavy (non-hydrogen) atoms. The van der Waals surface area contributed by atoms with Crippen molar-refractivity contribution in [2.45, 2.75) is 38.8 Å². The van der Waals surface area contributed by atoms with E-state index in [1.54, 1.807) is 44.2 Å². The van der Waals surface area contributed by atoms with Crippen LogP contribution in [0.5, 0.6) is 0 Å². The highest BCUT2D eigenvalue weighted by Crippen LogP contribution is 2.26. The Kier molecular flexibility index (Phi) is 12.3. The highest BCUT2D eigenvalue weighted by molar-refractivity contribution is 6.01. The zero-order chi connectivity index (χ0) is 32.3. The lowest BCUT2D eigenvalue weighted by Gasteiger charge is -2.24. The van der Waals surface area contributed by atoms with Gasteiger partial charge in [0.15, 0.2) is 0 Å². The SMILES string of the molecule is CC(C)[C@H](NC(=O)c1cc([N+](C)(C)C)ccc1[N+](=O)[O-])C(=O)NCCC(=O)N[C@@H](Cc1ccccc1)C(=O)NCC(N)=O. The smallest absolute Gasteiger partial charge is 0.282 e. The summed E-state index contributed by atoms with van der Waals surface area (Å²) in [6.07, 6.45) is -0.0255. The molecule has 0 bridgehead atoms. The quantitative estimate of drug-likeness (QED) is 0.111. The predicted molar refractivity (Wildman–Crippen MR) is 161 cm³/mol. The van der Waals surface area contributed by atoms with Crippen molar-refractivity contribution in [2.24, 2.45) is 11.7 Å². The largest absolute Gasteiger partial charge is 0.368 e. The van der Waals surface area contributed by atoms with E-state index < -0.39 is 46.5 Å². The van der Waals surface area contributed by atoms with Crippen LogP contribution >= 0.6 is 0 Å². The fraction of sp³-hybridized carbons (Fsp3) is 0.414. The molecule has 0 aromatic heterocycles. The molecule has 0 saturated carbocycles. The third-order valence-electron chi connectivity index (χ3n) is 6.45. The normalized spacial score (nSPS) is 12.5. The van der Waals surface area contributed by atoms with Crippen LogP contribution in [-0.4, -0.2) is 80.8 Å². The number of nitrogens with one attached hydrogen (secondary N) is 4. The molecule has 2 aromatic carbocycles. The van der Waals surface area contributed by atoms with Crippen LogP contribution in [0.1, 0.15) is 36.2 Å². The Balaban J connectivity index is 2.05. The zero-order valence-corrected chi connectivity index (χ0v) is 25.0. The molecule has 0 fully saturated rings. The van der Waals surface area contributed by atoms with E-state index in [9.17, 15) is 34.1 Å². The average Bonchev–Trinajstić information content (AvgIpc) is 2.93. The van der Waals surface area contributed by atoms with Gasteiger partial charge in [0.05, 0.1) is 32.6 Å². The fourth-order valence-corrected chi connectivity index (χ4v) is 4.07. The van der Waals surface area contributed by atoms with Crippen LogP contribution < -0.4 is 31.5 Å². The first kappa shape index (κ1) is 34.4. The minimum Gasteiger partial charge on any atom is -0.368 e. The van der Waals surface area contributed by atoms with Crippen molar-refractivity contribution in [1.82, 2.24) is 25.8 Å². The molecular formula is C29H40N7O7+. The number of hydrogen-bond donors (Lipinski definition) is 5. The van der Waals surface area contributed by atoms with Crippen LogP contribution in [-0.2, 0) is 25.6 Å². The van der Waals surface area contributed by atoms with Gasteiger partial charge in [-0.3, -0.25) is 38.6 Å². The number of carbonyl (C=O) groups is 5. The molecule has 0 unspecified atom stereocenters. The molecule has 0 saturated heterocycles. The monoisotopic (exact) mass is 598 g/mol. The van der Waals surface area contributed by atoms with Gasteiger partial charge in [0.25, 0.3) is 11.6 Å². The van der Waals surface area contributed by atoms with E-state index in [2.05, 4.69) is 21.3 Å². The summed E-state index contributed by atoms with van der Waals surface area (Å²) >= 11 is 0. The first-order valence-electron chi connectivity index (χ1n) is 13.7. The summed E-state index contributed by atoms with van der Waals surface area (Å²) in [5.74, 6) is -3.61. The van der Waals surface area contributed by atoms with Gasteiger partial charge in [-0.15, -0.1) is 0 Å². The van der Waals surface area contributed by atoms with Crippen molar-refractivity contribution in [3.8, 4) is 0 Å². The van der Waals surface area contributed by atoms with Gasteiger partial charge in [-0.25, -0.2) is 0 Å². The molecule has 14 nitrogen and oxygen atoms in total. The van der Waals surface area contributed by atoms with Crippen LogP contribution in [0.15, 0.2) is 48.5 Å². The number of carbonyl (C=O) groups excluding carboxylic acids is 5. The third kappa shape index (κ3) is 10.8. The number of amides is 5. The van der Waals surface area contributed by atoms with Gasteiger partial charge < -0.3 is 27.0 Å². The third-order valence-corrected chi connectivity index (χ3v) is 6.45. The number of nitrogens with two attached hydrogens (primary N) is 1. The molecule has 0 radical (unpaired) electrons. The van der Waals surface area contributed by atoms with Gasteiger partial charge in [0.1, 0.15) is 23.3 Å². The Morgan fingerprint density at radius 3 is 2.14 bits per heavy atom. The summed E-state index contributed by atoms with van der Waals surface area (Å²) in [7, 11) is 5.54. The number of quaternary nitrogens is 1. The second-order valence-electron chi connectivity index (χ2n) is 11.2. The Labute approximate surface area is 250 Å². The lowest BCUT2D eigenvalue weighted by Crippen LogP contribution is -2.51. The second kappa shape index (κ2) is 15.4. The molecule has 2 aromatic rings. The van der Waals surface area contributed by atoms with Crippen molar-refractivity contribution < 1.29 is 28.9 Å². The van der Waals surface area contributed by atoms with E-state index in [0.717, 1.165) is 5.56 Å². The van der Waals surface area contributed by atoms with Crippen LogP contribution in [0, 0.1) is 16.0 Å². The van der Waals surface area contributed by atoms with Crippen LogP contribution in [0.4, 0.5) is 11.4 Å². The summed E-state index contributed by atoms with van der Waals surface area (Å²) in [6, 6.07) is 11.2. The number of hydrogen-bond acceptors (Lipinski definition) is 7. The van der Waals surface area contributed by atoms with E-state index in [0.29, 0.717) is 10.2 Å². The summed E-state index contributed by atoms with van der Waals surface area (Å²) in [5.41, 5.74) is 5.97. The summed E-state index contributed by atoms with van der Waals surface area (Å²) in [6.45, 7) is 2.91. The highest BCUT2D eigenvalue weighted by atomic mass is 16.6. The van der Waals surface area contributed by atoms with Crippen molar-refractivity contribution in [1.29, 1.82) is 0 Å². The number of nitrogens with zero attached hydrogens (tertiary/aromatic N) is 2. The van der Waals surface area contributed by atoms with Gasteiger partial charge in [0.2, 0.25) is 23.6 Å². The molecule has 6 N–H and O–H groups in total.